The Balaban J connectivity index is 0. The topological polar surface area (TPSA) is 57.2 Å². The van der Waals surface area contributed by atoms with Crippen molar-refractivity contribution in [3.8, 4) is 0 Å². The molecule has 0 rings (SSSR count). The van der Waals surface area contributed by atoms with Crippen LogP contribution in [0, 0.1) is 5.92 Å². The average molecular weight is 158 g/mol. The van der Waals surface area contributed by atoms with Crippen LogP contribution in [0.25, 0.3) is 0 Å². The molecule has 0 fully saturated rings. The second kappa shape index (κ2) is 4.40. The predicted octanol–water partition coefficient (Wildman–Crippen LogP) is -2.42. The van der Waals surface area contributed by atoms with Crippen LogP contribution < -0.4 is 18.9 Å². The summed E-state index contributed by atoms with van der Waals surface area (Å²) in [4.78, 5) is 0. The van der Waals surface area contributed by atoms with Gasteiger partial charge in [-0.15, -0.1) is 0 Å². The maximum absolute atomic E-state index is 10.2. The van der Waals surface area contributed by atoms with Crippen molar-refractivity contribution in [1.82, 2.24) is 0 Å². The molecule has 0 aromatic carbocycles. The molecule has 0 bridgehead atoms. The summed E-state index contributed by atoms with van der Waals surface area (Å²) >= 11 is 0. The molecule has 0 saturated heterocycles. The van der Waals surface area contributed by atoms with Crippen molar-refractivity contribution in [3.63, 3.8) is 0 Å². The Hall–Kier alpha value is 0.507. The van der Waals surface area contributed by atoms with Crippen molar-refractivity contribution in [3.05, 3.63) is 0 Å². The van der Waals surface area contributed by atoms with E-state index < -0.39 is 15.4 Å². The van der Waals surface area contributed by atoms with Crippen LogP contribution in [0.3, 0.4) is 0 Å². The van der Waals surface area contributed by atoms with E-state index in [-0.39, 0.29) is 24.8 Å². The van der Waals surface area contributed by atoms with Crippen molar-refractivity contribution in [1.29, 1.82) is 0 Å². The van der Waals surface area contributed by atoms with Gasteiger partial charge in [-0.1, -0.05) is 13.8 Å². The fourth-order valence-electron chi connectivity index (χ4n) is 0.333. The van der Waals surface area contributed by atoms with E-state index in [0.717, 1.165) is 0 Å². The molecule has 0 aromatic heterocycles. The van der Waals surface area contributed by atoms with Gasteiger partial charge in [0, 0.05) is 5.25 Å². The third-order valence-corrected chi connectivity index (χ3v) is 2.85. The molecule has 5 heteroatoms. The fourth-order valence-corrected chi connectivity index (χ4v) is 1.00. The van der Waals surface area contributed by atoms with Crippen LogP contribution in [-0.4, -0.2) is 18.2 Å². The first-order valence-corrected chi connectivity index (χ1v) is 4.27. The van der Waals surface area contributed by atoms with E-state index in [1.165, 1.54) is 6.92 Å². The van der Waals surface area contributed by atoms with E-state index in [1.807, 2.05) is 0 Å². The Labute approximate surface area is 74.1 Å². The molecule has 10 heavy (non-hydrogen) atoms. The fraction of sp³-hybridized carbons (Fsp3) is 1.00. The zero-order valence-corrected chi connectivity index (χ0v) is 7.60. The minimum Gasteiger partial charge on any atom is -0.748 e. The molecule has 3 nitrogen and oxygen atoms in total. The number of rotatable bonds is 2. The van der Waals surface area contributed by atoms with Crippen LogP contribution in [0.5, 0.6) is 0 Å². The van der Waals surface area contributed by atoms with Crippen LogP contribution in [0.2, 0.25) is 0 Å². The van der Waals surface area contributed by atoms with Gasteiger partial charge in [-0.2, -0.15) is 0 Å². The molecule has 1 atom stereocenters. The first kappa shape index (κ1) is 13.1. The SMILES string of the molecule is CC(C)C(C)S(=O)(=O)[O-].[Li+]. The second-order valence-corrected chi connectivity index (χ2v) is 4.17. The average Bonchev–Trinajstić information content (AvgIpc) is 1.62. The van der Waals surface area contributed by atoms with Gasteiger partial charge in [0.05, 0.1) is 10.1 Å². The van der Waals surface area contributed by atoms with Gasteiger partial charge in [-0.25, -0.2) is 8.42 Å². The molecule has 0 aromatic rings. The Morgan fingerprint density at radius 2 is 1.50 bits per heavy atom. The Morgan fingerprint density at radius 1 is 1.20 bits per heavy atom. The smallest absolute Gasteiger partial charge is 0.748 e. The normalized spacial score (nSPS) is 14.5. The van der Waals surface area contributed by atoms with Crippen molar-refractivity contribution in [2.24, 2.45) is 5.92 Å². The van der Waals surface area contributed by atoms with Crippen molar-refractivity contribution >= 4 is 10.1 Å². The molecular formula is C5H11LiO3S. The van der Waals surface area contributed by atoms with Crippen LogP contribution in [-0.2, 0) is 10.1 Å². The quantitative estimate of drug-likeness (QED) is 0.332. The molecule has 1 unspecified atom stereocenters. The molecule has 0 aliphatic heterocycles. The van der Waals surface area contributed by atoms with Gasteiger partial charge in [0.1, 0.15) is 0 Å². The molecule has 56 valence electrons. The minimum absolute atomic E-state index is 0. The summed E-state index contributed by atoms with van der Waals surface area (Å²) in [5, 5.41) is -0.766. The van der Waals surface area contributed by atoms with Crippen LogP contribution in [0.1, 0.15) is 20.8 Å². The monoisotopic (exact) mass is 158 g/mol. The van der Waals surface area contributed by atoms with E-state index in [9.17, 15) is 13.0 Å². The van der Waals surface area contributed by atoms with Crippen molar-refractivity contribution in [2.45, 2.75) is 26.0 Å². The third kappa shape index (κ3) is 4.34. The molecule has 0 aliphatic carbocycles. The molecule has 0 heterocycles. The maximum atomic E-state index is 10.2. The first-order chi connectivity index (χ1) is 3.85. The van der Waals surface area contributed by atoms with Gasteiger partial charge in [-0.05, 0) is 12.8 Å². The summed E-state index contributed by atoms with van der Waals surface area (Å²) in [5.74, 6) is -0.0903. The van der Waals surface area contributed by atoms with E-state index in [0.29, 0.717) is 0 Å². The Bertz CT molecular complexity index is 173. The van der Waals surface area contributed by atoms with E-state index in [2.05, 4.69) is 0 Å². The molecule has 0 radical (unpaired) electrons. The predicted molar refractivity (Wildman–Crippen MR) is 34.0 cm³/mol. The molecule has 0 saturated carbocycles. The number of hydrogen-bond acceptors (Lipinski definition) is 3. The van der Waals surface area contributed by atoms with Crippen LogP contribution in [0.4, 0.5) is 0 Å². The zero-order chi connectivity index (χ0) is 7.65. The summed E-state index contributed by atoms with van der Waals surface area (Å²) in [6.07, 6.45) is 0. The van der Waals surface area contributed by atoms with Gasteiger partial charge < -0.3 is 4.55 Å². The summed E-state index contributed by atoms with van der Waals surface area (Å²) in [7, 11) is -4.05. The zero-order valence-electron chi connectivity index (χ0n) is 6.79. The molecule has 0 amide bonds. The standard InChI is InChI=1S/C5H12O3S.Li/c1-4(2)5(3)9(6,7)8;/h4-5H,1-3H3,(H,6,7,8);/q;+1/p-1. The van der Waals surface area contributed by atoms with Gasteiger partial charge in [0.15, 0.2) is 0 Å². The van der Waals surface area contributed by atoms with Gasteiger partial charge in [0.25, 0.3) is 0 Å². The van der Waals surface area contributed by atoms with Crippen LogP contribution in [0.15, 0.2) is 0 Å². The molecular weight excluding hydrogens is 147 g/mol. The first-order valence-electron chi connectivity index (χ1n) is 2.80. The minimum atomic E-state index is -4.05. The molecule has 0 aliphatic rings. The maximum Gasteiger partial charge on any atom is 1.00 e. The van der Waals surface area contributed by atoms with E-state index in [4.69, 9.17) is 0 Å². The largest absolute Gasteiger partial charge is 1.00 e. The van der Waals surface area contributed by atoms with Crippen LogP contribution >= 0.6 is 0 Å². The third-order valence-electron chi connectivity index (χ3n) is 1.39. The summed E-state index contributed by atoms with van der Waals surface area (Å²) in [5.41, 5.74) is 0. The number of hydrogen-bond donors (Lipinski definition) is 0. The summed E-state index contributed by atoms with van der Waals surface area (Å²) < 4.78 is 30.7. The Morgan fingerprint density at radius 3 is 1.50 bits per heavy atom. The Kier molecular flexibility index (Phi) is 5.77. The summed E-state index contributed by atoms with van der Waals surface area (Å²) in [6, 6.07) is 0. The van der Waals surface area contributed by atoms with Crippen molar-refractivity contribution in [2.75, 3.05) is 0 Å². The van der Waals surface area contributed by atoms with E-state index >= 15 is 0 Å². The van der Waals surface area contributed by atoms with Gasteiger partial charge >= 0.3 is 18.9 Å². The van der Waals surface area contributed by atoms with Gasteiger partial charge in [-0.3, -0.25) is 0 Å². The van der Waals surface area contributed by atoms with Gasteiger partial charge in [0.2, 0.25) is 0 Å². The van der Waals surface area contributed by atoms with E-state index in [1.54, 1.807) is 13.8 Å². The molecule has 0 N–H and O–H groups in total. The summed E-state index contributed by atoms with van der Waals surface area (Å²) in [6.45, 7) is 4.84. The van der Waals surface area contributed by atoms with Crippen molar-refractivity contribution < 1.29 is 31.8 Å². The second-order valence-electron chi connectivity index (χ2n) is 2.44. The molecule has 0 spiro atoms.